The van der Waals surface area contributed by atoms with Crippen LogP contribution in [0.3, 0.4) is 0 Å². The van der Waals surface area contributed by atoms with Gasteiger partial charge in [0.2, 0.25) is 0 Å². The maximum atomic E-state index is 12.3. The quantitative estimate of drug-likeness (QED) is 0.381. The van der Waals surface area contributed by atoms with Crippen LogP contribution in [0.2, 0.25) is 0 Å². The van der Waals surface area contributed by atoms with Gasteiger partial charge in [-0.1, -0.05) is 0 Å². The van der Waals surface area contributed by atoms with Crippen LogP contribution in [0.1, 0.15) is 27.6 Å². The third-order valence-electron chi connectivity index (χ3n) is 4.36. The number of hydrogen-bond acceptors (Lipinski definition) is 5. The van der Waals surface area contributed by atoms with Crippen molar-refractivity contribution >= 4 is 44.6 Å². The number of nitrogens with one attached hydrogen (secondary N) is 1. The Morgan fingerprint density at radius 3 is 2.29 bits per heavy atom. The van der Waals surface area contributed by atoms with Crippen molar-refractivity contribution in [3.05, 3.63) is 77.9 Å². The Kier molecular flexibility index (Phi) is 4.63. The number of hydrogen-bond donors (Lipinski definition) is 2. The molecule has 5 nitrogen and oxygen atoms in total. The molecule has 0 aliphatic heterocycles. The van der Waals surface area contributed by atoms with Gasteiger partial charge in [-0.25, -0.2) is 4.98 Å². The van der Waals surface area contributed by atoms with Gasteiger partial charge in [0.05, 0.1) is 10.2 Å². The number of aromatic nitrogens is 1. The molecule has 0 saturated heterocycles. The largest absolute Gasteiger partial charge is 0.399 e. The average Bonchev–Trinajstić information content (AvgIpc) is 3.12. The van der Waals surface area contributed by atoms with Crippen molar-refractivity contribution in [3.63, 3.8) is 0 Å². The molecule has 4 rings (SSSR count). The Labute approximate surface area is 165 Å². The lowest BCUT2D eigenvalue weighted by Crippen LogP contribution is -2.11. The molecule has 0 bridgehead atoms. The van der Waals surface area contributed by atoms with E-state index in [1.54, 1.807) is 42.5 Å². The molecule has 138 valence electrons. The molecule has 3 aromatic carbocycles. The Bertz CT molecular complexity index is 1180. The average molecular weight is 387 g/mol. The van der Waals surface area contributed by atoms with Crippen LogP contribution in [0, 0.1) is 0 Å². The highest BCUT2D eigenvalue weighted by atomic mass is 32.1. The zero-order valence-corrected chi connectivity index (χ0v) is 15.9. The smallest absolute Gasteiger partial charge is 0.255 e. The zero-order valence-electron chi connectivity index (χ0n) is 15.1. The van der Waals surface area contributed by atoms with Gasteiger partial charge in [-0.05, 0) is 73.7 Å². The minimum atomic E-state index is -0.190. The lowest BCUT2D eigenvalue weighted by atomic mass is 10.1. The van der Waals surface area contributed by atoms with Crippen LogP contribution < -0.4 is 11.1 Å². The maximum Gasteiger partial charge on any atom is 0.255 e. The van der Waals surface area contributed by atoms with Gasteiger partial charge >= 0.3 is 0 Å². The second-order valence-corrected chi connectivity index (χ2v) is 7.44. The second kappa shape index (κ2) is 7.25. The minimum absolute atomic E-state index is 0.0256. The van der Waals surface area contributed by atoms with Crippen LogP contribution in [0.4, 0.5) is 11.4 Å². The van der Waals surface area contributed by atoms with Gasteiger partial charge in [0.25, 0.3) is 5.91 Å². The van der Waals surface area contributed by atoms with Gasteiger partial charge < -0.3 is 11.1 Å². The molecule has 0 saturated carbocycles. The lowest BCUT2D eigenvalue weighted by Gasteiger charge is -2.06. The summed E-state index contributed by atoms with van der Waals surface area (Å²) in [5.74, 6) is -0.165. The van der Waals surface area contributed by atoms with E-state index in [-0.39, 0.29) is 11.7 Å². The molecule has 0 aliphatic carbocycles. The van der Waals surface area contributed by atoms with E-state index >= 15 is 0 Å². The van der Waals surface area contributed by atoms with E-state index in [2.05, 4.69) is 10.3 Å². The molecule has 0 unspecified atom stereocenters. The van der Waals surface area contributed by atoms with E-state index in [1.807, 2.05) is 42.5 Å². The Balaban J connectivity index is 1.54. The molecule has 28 heavy (non-hydrogen) atoms. The van der Waals surface area contributed by atoms with E-state index < -0.39 is 0 Å². The number of nitrogen functional groups attached to an aromatic ring is 1. The fourth-order valence-corrected chi connectivity index (χ4v) is 3.76. The van der Waals surface area contributed by atoms with Gasteiger partial charge in [0, 0.05) is 28.1 Å². The van der Waals surface area contributed by atoms with Gasteiger partial charge in [-0.2, -0.15) is 0 Å². The van der Waals surface area contributed by atoms with Crippen molar-refractivity contribution in [3.8, 4) is 10.6 Å². The Morgan fingerprint density at radius 2 is 1.61 bits per heavy atom. The SMILES string of the molecule is CC(=O)c1ccc2sc(-c3ccc(NC(=O)c4ccc(N)cc4)cc3)nc2c1. The van der Waals surface area contributed by atoms with Crippen molar-refractivity contribution in [2.24, 2.45) is 0 Å². The van der Waals surface area contributed by atoms with Crippen LogP contribution in [0.15, 0.2) is 66.7 Å². The summed E-state index contributed by atoms with van der Waals surface area (Å²) >= 11 is 1.57. The second-order valence-electron chi connectivity index (χ2n) is 6.41. The van der Waals surface area contributed by atoms with Crippen LogP contribution in [-0.4, -0.2) is 16.7 Å². The third kappa shape index (κ3) is 3.63. The fraction of sp³-hybridized carbons (Fsp3) is 0.0455. The van der Waals surface area contributed by atoms with Crippen LogP contribution >= 0.6 is 11.3 Å². The summed E-state index contributed by atoms with van der Waals surface area (Å²) in [5, 5.41) is 3.74. The van der Waals surface area contributed by atoms with Gasteiger partial charge in [-0.15, -0.1) is 11.3 Å². The number of carbonyl (C=O) groups is 2. The predicted octanol–water partition coefficient (Wildman–Crippen LogP) is 5.00. The molecule has 4 aromatic rings. The topological polar surface area (TPSA) is 85.1 Å². The van der Waals surface area contributed by atoms with Crippen molar-refractivity contribution < 1.29 is 9.59 Å². The van der Waals surface area contributed by atoms with Crippen LogP contribution in [0.25, 0.3) is 20.8 Å². The van der Waals surface area contributed by atoms with Gasteiger partial charge in [0.1, 0.15) is 5.01 Å². The molecule has 1 amide bonds. The molecule has 0 aliphatic rings. The van der Waals surface area contributed by atoms with Crippen molar-refractivity contribution in [1.29, 1.82) is 0 Å². The van der Waals surface area contributed by atoms with Crippen LogP contribution in [0.5, 0.6) is 0 Å². The fourth-order valence-electron chi connectivity index (χ4n) is 2.80. The van der Waals surface area contributed by atoms with E-state index in [1.165, 1.54) is 0 Å². The summed E-state index contributed by atoms with van der Waals surface area (Å²) in [6, 6.07) is 19.9. The summed E-state index contributed by atoms with van der Waals surface area (Å²) in [7, 11) is 0. The predicted molar refractivity (Wildman–Crippen MR) is 114 cm³/mol. The number of thiazole rings is 1. The molecular weight excluding hydrogens is 370 g/mol. The minimum Gasteiger partial charge on any atom is -0.399 e. The summed E-state index contributed by atoms with van der Waals surface area (Å²) in [5.41, 5.74) is 9.94. The third-order valence-corrected chi connectivity index (χ3v) is 5.44. The number of fused-ring (bicyclic) bond motifs is 1. The standard InChI is InChI=1S/C22H17N3O2S/c1-13(26)16-6-11-20-19(12-16)25-22(28-20)15-4-9-18(10-5-15)24-21(27)14-2-7-17(23)8-3-14/h2-12H,23H2,1H3,(H,24,27). The van der Waals surface area contributed by atoms with E-state index in [0.29, 0.717) is 22.5 Å². The number of ketones is 1. The first-order valence-electron chi connectivity index (χ1n) is 8.68. The summed E-state index contributed by atoms with van der Waals surface area (Å²) in [6.07, 6.45) is 0. The molecule has 0 fully saturated rings. The number of carbonyl (C=O) groups excluding carboxylic acids is 2. The highest BCUT2D eigenvalue weighted by Gasteiger charge is 2.10. The van der Waals surface area contributed by atoms with Crippen LogP contribution in [-0.2, 0) is 0 Å². The number of Topliss-reactive ketones (excluding diaryl/α,β-unsaturated/α-hetero) is 1. The van der Waals surface area contributed by atoms with Crippen molar-refractivity contribution in [2.45, 2.75) is 6.92 Å². The molecule has 0 atom stereocenters. The van der Waals surface area contributed by atoms with E-state index in [4.69, 9.17) is 5.73 Å². The summed E-state index contributed by atoms with van der Waals surface area (Å²) in [4.78, 5) is 28.5. The molecule has 1 aromatic heterocycles. The van der Waals surface area contributed by atoms with Gasteiger partial charge in [0.15, 0.2) is 5.78 Å². The molecule has 1 heterocycles. The maximum absolute atomic E-state index is 12.3. The zero-order chi connectivity index (χ0) is 19.7. The highest BCUT2D eigenvalue weighted by molar-refractivity contribution is 7.21. The molecule has 6 heteroatoms. The first-order chi connectivity index (χ1) is 13.5. The molecule has 0 radical (unpaired) electrons. The number of benzene rings is 3. The van der Waals surface area contributed by atoms with Gasteiger partial charge in [-0.3, -0.25) is 9.59 Å². The molecular formula is C22H17N3O2S. The number of anilines is 2. The number of amides is 1. The first kappa shape index (κ1) is 17.9. The lowest BCUT2D eigenvalue weighted by molar-refractivity contribution is 0.101. The first-order valence-corrected chi connectivity index (χ1v) is 9.50. The van der Waals surface area contributed by atoms with E-state index in [0.717, 1.165) is 20.8 Å². The Hall–Kier alpha value is -3.51. The summed E-state index contributed by atoms with van der Waals surface area (Å²) in [6.45, 7) is 1.55. The van der Waals surface area contributed by atoms with E-state index in [9.17, 15) is 9.59 Å². The number of nitrogens with zero attached hydrogens (tertiary/aromatic N) is 1. The van der Waals surface area contributed by atoms with Crippen molar-refractivity contribution in [1.82, 2.24) is 4.98 Å². The number of nitrogens with two attached hydrogens (primary N) is 1. The number of rotatable bonds is 4. The molecule has 0 spiro atoms. The summed E-state index contributed by atoms with van der Waals surface area (Å²) < 4.78 is 1.03. The molecule has 3 N–H and O–H groups in total. The highest BCUT2D eigenvalue weighted by Crippen LogP contribution is 2.31. The normalized spacial score (nSPS) is 10.8. The monoisotopic (exact) mass is 387 g/mol. The van der Waals surface area contributed by atoms with Crippen molar-refractivity contribution in [2.75, 3.05) is 11.1 Å². The Morgan fingerprint density at radius 1 is 0.929 bits per heavy atom.